The minimum absolute atomic E-state index is 0.0241. The highest BCUT2D eigenvalue weighted by Gasteiger charge is 2.45. The van der Waals surface area contributed by atoms with Crippen LogP contribution in [0.2, 0.25) is 5.02 Å². The van der Waals surface area contributed by atoms with Crippen LogP contribution in [0.4, 0.5) is 0 Å². The first-order chi connectivity index (χ1) is 14.1. The minimum Gasteiger partial charge on any atom is -0.416 e. The summed E-state index contributed by atoms with van der Waals surface area (Å²) in [6.07, 6.45) is 2.53. The monoisotopic (exact) mass is 432 g/mol. The molecule has 2 aliphatic rings. The maximum atomic E-state index is 12.2. The normalized spacial score (nSPS) is 18.4. The molecular weight excluding hydrogens is 412 g/mol. The van der Waals surface area contributed by atoms with Gasteiger partial charge in [0.15, 0.2) is 0 Å². The predicted octanol–water partition coefficient (Wildman–Crippen LogP) is 3.35. The molecule has 2 aliphatic heterocycles. The van der Waals surface area contributed by atoms with Crippen molar-refractivity contribution in [2.75, 3.05) is 13.1 Å². The molecule has 1 aromatic heterocycles. The van der Waals surface area contributed by atoms with Crippen LogP contribution < -0.4 is 5.32 Å². The van der Waals surface area contributed by atoms with Gasteiger partial charge in [-0.05, 0) is 48.4 Å². The second-order valence-electron chi connectivity index (χ2n) is 6.99. The van der Waals surface area contributed by atoms with Crippen LogP contribution in [0, 0.1) is 0 Å². The number of halogens is 1. The van der Waals surface area contributed by atoms with Crippen LogP contribution in [0.1, 0.15) is 35.2 Å². The topological polar surface area (TPSA) is 77.5 Å². The summed E-state index contributed by atoms with van der Waals surface area (Å²) in [4.78, 5) is 28.7. The summed E-state index contributed by atoms with van der Waals surface area (Å²) in [5, 5.41) is 3.89. The van der Waals surface area contributed by atoms with Gasteiger partial charge in [0.2, 0.25) is 0 Å². The first kappa shape index (κ1) is 20.2. The molecule has 1 saturated heterocycles. The van der Waals surface area contributed by atoms with Crippen LogP contribution in [0.15, 0.2) is 36.5 Å². The molecule has 0 saturated carbocycles. The number of carbonyl (C=O) groups excluding carboxylic acids is 2. The van der Waals surface area contributed by atoms with Gasteiger partial charge >= 0.3 is 11.9 Å². The lowest BCUT2D eigenvalue weighted by atomic mass is 9.94. The zero-order valence-electron chi connectivity index (χ0n) is 15.8. The highest BCUT2D eigenvalue weighted by Crippen LogP contribution is 2.39. The van der Waals surface area contributed by atoms with Gasteiger partial charge in [-0.1, -0.05) is 17.7 Å². The third-order valence-electron chi connectivity index (χ3n) is 5.01. The summed E-state index contributed by atoms with van der Waals surface area (Å²) in [5.41, 5.74) is 3.65. The molecule has 1 N–H and O–H groups in total. The highest BCUT2D eigenvalue weighted by atomic mass is 35.5. The van der Waals surface area contributed by atoms with Crippen LogP contribution in [0.5, 0.6) is 0 Å². The van der Waals surface area contributed by atoms with Gasteiger partial charge in [0.1, 0.15) is 0 Å². The molecule has 0 bridgehead atoms. The number of pyridine rings is 1. The van der Waals surface area contributed by atoms with Gasteiger partial charge in [-0.2, -0.15) is 11.8 Å². The van der Waals surface area contributed by atoms with Crippen LogP contribution in [-0.2, 0) is 42.8 Å². The van der Waals surface area contributed by atoms with Gasteiger partial charge in [-0.15, -0.1) is 0 Å². The summed E-state index contributed by atoms with van der Waals surface area (Å²) in [7, 11) is 0. The lowest BCUT2D eigenvalue weighted by molar-refractivity contribution is -0.225. The van der Waals surface area contributed by atoms with Gasteiger partial charge in [-0.3, -0.25) is 14.6 Å². The second-order valence-corrected chi connectivity index (χ2v) is 8.39. The fourth-order valence-electron chi connectivity index (χ4n) is 3.64. The molecule has 0 radical (unpaired) electrons. The fourth-order valence-corrected chi connectivity index (χ4v) is 4.98. The number of hydrogen-bond donors (Lipinski definition) is 1. The van der Waals surface area contributed by atoms with Crippen molar-refractivity contribution >= 4 is 35.3 Å². The number of nitrogens with zero attached hydrogens (tertiary/aromatic N) is 1. The molecule has 8 heteroatoms. The predicted molar refractivity (Wildman–Crippen MR) is 110 cm³/mol. The molecule has 152 valence electrons. The van der Waals surface area contributed by atoms with Crippen molar-refractivity contribution in [3.63, 3.8) is 0 Å². The molecule has 6 nitrogen and oxygen atoms in total. The summed E-state index contributed by atoms with van der Waals surface area (Å²) >= 11 is 8.26. The molecule has 0 unspecified atom stereocenters. The van der Waals surface area contributed by atoms with Crippen molar-refractivity contribution in [1.82, 2.24) is 10.3 Å². The smallest absolute Gasteiger partial charge is 0.309 e. The van der Waals surface area contributed by atoms with Crippen LogP contribution in [0.3, 0.4) is 0 Å². The lowest BCUT2D eigenvalue weighted by Crippen LogP contribution is -2.43. The third-order valence-corrected chi connectivity index (χ3v) is 6.35. The summed E-state index contributed by atoms with van der Waals surface area (Å²) < 4.78 is 11.4. The van der Waals surface area contributed by atoms with E-state index in [4.69, 9.17) is 21.1 Å². The van der Waals surface area contributed by atoms with Crippen LogP contribution >= 0.6 is 23.4 Å². The van der Waals surface area contributed by atoms with Gasteiger partial charge in [0.05, 0.1) is 25.1 Å². The highest BCUT2D eigenvalue weighted by molar-refractivity contribution is 7.97. The van der Waals surface area contributed by atoms with E-state index in [9.17, 15) is 9.59 Å². The van der Waals surface area contributed by atoms with E-state index in [0.29, 0.717) is 29.3 Å². The van der Waals surface area contributed by atoms with Gasteiger partial charge < -0.3 is 14.8 Å². The van der Waals surface area contributed by atoms with Crippen molar-refractivity contribution in [2.45, 2.75) is 36.6 Å². The number of carbonyl (C=O) groups is 2. The fraction of sp³-hybridized carbons (Fsp3) is 0.381. The number of thioether (sulfide) groups is 1. The Morgan fingerprint density at radius 3 is 2.59 bits per heavy atom. The van der Waals surface area contributed by atoms with E-state index < -0.39 is 17.7 Å². The molecule has 1 spiro atoms. The SMILES string of the molecule is O=C1CCC(=O)OC2(CNCCc3c2ccc(Cl)c3CSCc2ccccn2)O1. The van der Waals surface area contributed by atoms with Gasteiger partial charge in [-0.25, -0.2) is 0 Å². The molecule has 0 atom stereocenters. The average Bonchev–Trinajstić information content (AvgIpc) is 2.97. The average molecular weight is 433 g/mol. The Hall–Kier alpha value is -2.09. The third kappa shape index (κ3) is 4.42. The van der Waals surface area contributed by atoms with E-state index in [1.807, 2.05) is 24.3 Å². The summed E-state index contributed by atoms with van der Waals surface area (Å²) in [6.45, 7) is 0.891. The lowest BCUT2D eigenvalue weighted by Gasteiger charge is -2.32. The molecule has 29 heavy (non-hydrogen) atoms. The number of hydrogen-bond acceptors (Lipinski definition) is 7. The number of benzene rings is 1. The Kier molecular flexibility index (Phi) is 6.08. The minimum atomic E-state index is -1.44. The number of fused-ring (bicyclic) bond motifs is 2. The van der Waals surface area contributed by atoms with E-state index in [2.05, 4.69) is 10.3 Å². The van der Waals surface area contributed by atoms with Gasteiger partial charge in [0.25, 0.3) is 5.79 Å². The van der Waals surface area contributed by atoms with Crippen molar-refractivity contribution in [1.29, 1.82) is 0 Å². The van der Waals surface area contributed by atoms with E-state index in [-0.39, 0.29) is 19.4 Å². The standard InChI is InChI=1S/C21H21ClN2O4S/c22-18-5-4-17-15(16(18)12-29-11-14-3-1-2-9-24-14)8-10-23-13-21(17)27-19(25)6-7-20(26)28-21/h1-5,9,23H,6-8,10-13H2. The molecule has 4 rings (SSSR count). The number of esters is 2. The van der Waals surface area contributed by atoms with Gasteiger partial charge in [0, 0.05) is 28.3 Å². The second kappa shape index (κ2) is 8.73. The van der Waals surface area contributed by atoms with Crippen molar-refractivity contribution in [2.24, 2.45) is 0 Å². The quantitative estimate of drug-likeness (QED) is 0.742. The van der Waals surface area contributed by atoms with Crippen LogP contribution in [0.25, 0.3) is 0 Å². The molecule has 1 aromatic carbocycles. The van der Waals surface area contributed by atoms with E-state index >= 15 is 0 Å². The summed E-state index contributed by atoms with van der Waals surface area (Å²) in [5.74, 6) is -0.884. The largest absolute Gasteiger partial charge is 0.416 e. The Labute approximate surface area is 178 Å². The Morgan fingerprint density at radius 1 is 1.07 bits per heavy atom. The first-order valence-electron chi connectivity index (χ1n) is 9.50. The molecule has 0 aliphatic carbocycles. The molecular formula is C21H21ClN2O4S. The zero-order valence-corrected chi connectivity index (χ0v) is 17.4. The number of ether oxygens (including phenoxy) is 2. The summed E-state index contributed by atoms with van der Waals surface area (Å²) in [6, 6.07) is 9.45. The maximum absolute atomic E-state index is 12.2. The first-order valence-corrected chi connectivity index (χ1v) is 11.0. The Bertz CT molecular complexity index is 904. The van der Waals surface area contributed by atoms with Crippen molar-refractivity contribution in [3.05, 3.63) is 63.9 Å². The van der Waals surface area contributed by atoms with E-state index in [0.717, 1.165) is 22.6 Å². The molecule has 3 heterocycles. The molecule has 2 aromatic rings. The van der Waals surface area contributed by atoms with Crippen molar-refractivity contribution < 1.29 is 19.1 Å². The number of nitrogens with one attached hydrogen (secondary N) is 1. The van der Waals surface area contributed by atoms with Crippen LogP contribution in [-0.4, -0.2) is 30.0 Å². The van der Waals surface area contributed by atoms with E-state index in [1.54, 1.807) is 24.0 Å². The maximum Gasteiger partial charge on any atom is 0.309 e. The van der Waals surface area contributed by atoms with E-state index in [1.165, 1.54) is 0 Å². The molecule has 0 amide bonds. The zero-order chi connectivity index (χ0) is 20.3. The Balaban J connectivity index is 1.66. The number of aromatic nitrogens is 1. The number of rotatable bonds is 4. The van der Waals surface area contributed by atoms with Crippen molar-refractivity contribution in [3.8, 4) is 0 Å². The Morgan fingerprint density at radius 2 is 1.86 bits per heavy atom. The molecule has 1 fully saturated rings.